The molecule has 0 bridgehead atoms. The molecular formula is C17H17NO5S. The van der Waals surface area contributed by atoms with Crippen LogP contribution in [-0.4, -0.2) is 36.1 Å². The molecule has 0 radical (unpaired) electrons. The smallest absolute Gasteiger partial charge is 0.339 e. The maximum Gasteiger partial charge on any atom is 0.339 e. The first-order valence-corrected chi connectivity index (χ1v) is 8.61. The van der Waals surface area contributed by atoms with Gasteiger partial charge in [-0.15, -0.1) is 0 Å². The average Bonchev–Trinajstić information content (AvgIpc) is 2.60. The van der Waals surface area contributed by atoms with Crippen LogP contribution in [0.15, 0.2) is 53.4 Å². The van der Waals surface area contributed by atoms with Gasteiger partial charge in [-0.25, -0.2) is 4.79 Å². The Morgan fingerprint density at radius 3 is 2.46 bits per heavy atom. The van der Waals surface area contributed by atoms with Crippen LogP contribution in [0.2, 0.25) is 0 Å². The fourth-order valence-electron chi connectivity index (χ4n) is 2.03. The molecule has 0 aliphatic carbocycles. The van der Waals surface area contributed by atoms with Gasteiger partial charge in [0, 0.05) is 6.26 Å². The monoisotopic (exact) mass is 347 g/mol. The molecule has 0 aliphatic rings. The van der Waals surface area contributed by atoms with E-state index in [4.69, 9.17) is 9.47 Å². The van der Waals surface area contributed by atoms with E-state index in [9.17, 15) is 13.8 Å². The molecule has 2 aromatic carbocycles. The fraction of sp³-hybridized carbons (Fsp3) is 0.176. The molecule has 0 heterocycles. The predicted molar refractivity (Wildman–Crippen MR) is 90.7 cm³/mol. The highest BCUT2D eigenvalue weighted by Crippen LogP contribution is 2.22. The summed E-state index contributed by atoms with van der Waals surface area (Å²) in [6.45, 7) is -0.457. The van der Waals surface area contributed by atoms with Gasteiger partial charge in [-0.3, -0.25) is 9.00 Å². The third-order valence-corrected chi connectivity index (χ3v) is 4.11. The van der Waals surface area contributed by atoms with Crippen molar-refractivity contribution in [1.29, 1.82) is 0 Å². The molecular weight excluding hydrogens is 330 g/mol. The number of anilines is 1. The molecule has 0 unspecified atom stereocenters. The number of amides is 1. The van der Waals surface area contributed by atoms with E-state index in [0.717, 1.165) is 0 Å². The lowest BCUT2D eigenvalue weighted by molar-refractivity contribution is -0.119. The molecule has 0 aromatic heterocycles. The van der Waals surface area contributed by atoms with Gasteiger partial charge >= 0.3 is 5.97 Å². The summed E-state index contributed by atoms with van der Waals surface area (Å²) < 4.78 is 21.8. The zero-order valence-corrected chi connectivity index (χ0v) is 14.1. The quantitative estimate of drug-likeness (QED) is 0.811. The van der Waals surface area contributed by atoms with Gasteiger partial charge in [-0.05, 0) is 24.3 Å². The van der Waals surface area contributed by atoms with E-state index in [1.165, 1.54) is 19.4 Å². The van der Waals surface area contributed by atoms with Crippen LogP contribution in [0.4, 0.5) is 5.69 Å². The minimum Gasteiger partial charge on any atom is -0.495 e. The normalized spacial score (nSPS) is 11.4. The Balaban J connectivity index is 1.99. The number of carbonyl (C=O) groups excluding carboxylic acids is 2. The van der Waals surface area contributed by atoms with Crippen molar-refractivity contribution in [2.75, 3.05) is 25.3 Å². The third kappa shape index (κ3) is 4.42. The number of esters is 1. The Morgan fingerprint density at radius 1 is 1.08 bits per heavy atom. The molecule has 0 saturated heterocycles. The van der Waals surface area contributed by atoms with Crippen LogP contribution in [0.5, 0.6) is 5.75 Å². The van der Waals surface area contributed by atoms with Crippen LogP contribution in [-0.2, 0) is 20.3 Å². The van der Waals surface area contributed by atoms with E-state index in [1.807, 2.05) is 0 Å². The predicted octanol–water partition coefficient (Wildman–Crippen LogP) is 2.23. The lowest BCUT2D eigenvalue weighted by Gasteiger charge is -2.10. The summed E-state index contributed by atoms with van der Waals surface area (Å²) in [6.07, 6.45) is 1.47. The molecule has 0 spiro atoms. The molecule has 7 heteroatoms. The van der Waals surface area contributed by atoms with Crippen molar-refractivity contribution in [1.82, 2.24) is 0 Å². The lowest BCUT2D eigenvalue weighted by Crippen LogP contribution is -2.21. The van der Waals surface area contributed by atoms with Crippen LogP contribution in [0, 0.1) is 0 Å². The molecule has 1 amide bonds. The summed E-state index contributed by atoms with van der Waals surface area (Å²) in [7, 11) is 0.164. The molecule has 24 heavy (non-hydrogen) atoms. The Morgan fingerprint density at radius 2 is 1.75 bits per heavy atom. The van der Waals surface area contributed by atoms with Crippen molar-refractivity contribution >= 4 is 28.4 Å². The van der Waals surface area contributed by atoms with Crippen molar-refractivity contribution in [2.24, 2.45) is 0 Å². The highest BCUT2D eigenvalue weighted by molar-refractivity contribution is 7.84. The molecule has 2 aromatic rings. The van der Waals surface area contributed by atoms with E-state index < -0.39 is 29.3 Å². The first kappa shape index (κ1) is 17.7. The second-order valence-corrected chi connectivity index (χ2v) is 6.12. The zero-order chi connectivity index (χ0) is 17.5. The van der Waals surface area contributed by atoms with E-state index in [-0.39, 0.29) is 5.56 Å². The molecule has 1 atom stereocenters. The maximum absolute atomic E-state index is 12.1. The highest BCUT2D eigenvalue weighted by Gasteiger charge is 2.16. The average molecular weight is 347 g/mol. The van der Waals surface area contributed by atoms with Crippen LogP contribution in [0.1, 0.15) is 10.4 Å². The fourth-order valence-corrected chi connectivity index (χ4v) is 2.76. The number of carbonyl (C=O) groups is 2. The number of hydrogen-bond donors (Lipinski definition) is 1. The topological polar surface area (TPSA) is 81.7 Å². The van der Waals surface area contributed by atoms with Gasteiger partial charge in [-0.1, -0.05) is 24.3 Å². The van der Waals surface area contributed by atoms with E-state index in [2.05, 4.69) is 5.32 Å². The summed E-state index contributed by atoms with van der Waals surface area (Å²) >= 11 is 0. The Bertz CT molecular complexity index is 775. The summed E-state index contributed by atoms with van der Waals surface area (Å²) in [5.41, 5.74) is 0.666. The van der Waals surface area contributed by atoms with Crippen molar-refractivity contribution in [2.45, 2.75) is 4.90 Å². The molecule has 1 N–H and O–H groups in total. The Kier molecular flexibility index (Phi) is 6.08. The van der Waals surface area contributed by atoms with Gasteiger partial charge in [0.25, 0.3) is 5.91 Å². The second-order valence-electron chi connectivity index (χ2n) is 4.77. The van der Waals surface area contributed by atoms with Gasteiger partial charge in [0.05, 0.1) is 34.1 Å². The van der Waals surface area contributed by atoms with Gasteiger partial charge in [-0.2, -0.15) is 0 Å². The highest BCUT2D eigenvalue weighted by atomic mass is 32.2. The first-order chi connectivity index (χ1) is 11.5. The second kappa shape index (κ2) is 8.26. The third-order valence-electron chi connectivity index (χ3n) is 3.13. The number of hydrogen-bond acceptors (Lipinski definition) is 5. The number of para-hydroxylation sites is 2. The number of nitrogens with one attached hydrogen (secondary N) is 1. The van der Waals surface area contributed by atoms with Gasteiger partial charge < -0.3 is 14.8 Å². The van der Waals surface area contributed by atoms with Crippen molar-refractivity contribution in [3.8, 4) is 5.75 Å². The number of benzene rings is 2. The lowest BCUT2D eigenvalue weighted by atomic mass is 10.2. The van der Waals surface area contributed by atoms with E-state index in [0.29, 0.717) is 16.3 Å². The number of ether oxygens (including phenoxy) is 2. The molecule has 0 aliphatic heterocycles. The minimum absolute atomic E-state index is 0.184. The van der Waals surface area contributed by atoms with Gasteiger partial charge in [0.15, 0.2) is 6.61 Å². The van der Waals surface area contributed by atoms with Crippen LogP contribution in [0.25, 0.3) is 0 Å². The first-order valence-electron chi connectivity index (χ1n) is 7.05. The molecule has 6 nitrogen and oxygen atoms in total. The van der Waals surface area contributed by atoms with Gasteiger partial charge in [0.2, 0.25) is 0 Å². The van der Waals surface area contributed by atoms with Crippen molar-refractivity contribution in [3.63, 3.8) is 0 Å². The molecule has 0 fully saturated rings. The molecule has 2 rings (SSSR count). The minimum atomic E-state index is -1.33. The zero-order valence-electron chi connectivity index (χ0n) is 13.3. The Labute approximate surface area is 142 Å². The van der Waals surface area contributed by atoms with Crippen molar-refractivity contribution < 1.29 is 23.3 Å². The SMILES string of the molecule is COc1ccccc1NC(=O)COC(=O)c1ccccc1[S@](C)=O. The van der Waals surface area contributed by atoms with Crippen molar-refractivity contribution in [3.05, 3.63) is 54.1 Å². The molecule has 0 saturated carbocycles. The summed E-state index contributed by atoms with van der Waals surface area (Å²) in [5.74, 6) is -0.692. The number of methoxy groups -OCH3 is 1. The number of rotatable bonds is 6. The van der Waals surface area contributed by atoms with Gasteiger partial charge in [0.1, 0.15) is 5.75 Å². The summed E-state index contributed by atoms with van der Waals surface area (Å²) in [6, 6.07) is 13.3. The van der Waals surface area contributed by atoms with E-state index in [1.54, 1.807) is 42.5 Å². The largest absolute Gasteiger partial charge is 0.495 e. The standard InChI is InChI=1S/C17H17NO5S/c1-22-14-9-5-4-8-13(14)18-16(19)11-23-17(20)12-7-3-6-10-15(12)24(2)21/h3-10H,11H2,1-2H3,(H,18,19)/t24-/m0/s1. The maximum atomic E-state index is 12.1. The van der Waals surface area contributed by atoms with E-state index >= 15 is 0 Å². The Hall–Kier alpha value is -2.67. The van der Waals surface area contributed by atoms with Crippen LogP contribution >= 0.6 is 0 Å². The van der Waals surface area contributed by atoms with Crippen LogP contribution in [0.3, 0.4) is 0 Å². The summed E-state index contributed by atoms with van der Waals surface area (Å²) in [5, 5.41) is 2.60. The van der Waals surface area contributed by atoms with Crippen LogP contribution < -0.4 is 10.1 Å². The molecule has 126 valence electrons. The summed E-state index contributed by atoms with van der Waals surface area (Å²) in [4.78, 5) is 24.4.